The van der Waals surface area contributed by atoms with Crippen LogP contribution in [0.4, 0.5) is 11.4 Å². The molecule has 142 valence electrons. The van der Waals surface area contributed by atoms with Gasteiger partial charge in [-0.25, -0.2) is 0 Å². The number of hydrogen-bond donors (Lipinski definition) is 2. The van der Waals surface area contributed by atoms with Gasteiger partial charge in [-0.15, -0.1) is 0 Å². The van der Waals surface area contributed by atoms with Gasteiger partial charge in [0.1, 0.15) is 5.75 Å². The molecule has 3 rings (SSSR count). The summed E-state index contributed by atoms with van der Waals surface area (Å²) >= 11 is 0. The third kappa shape index (κ3) is 5.00. The van der Waals surface area contributed by atoms with Crippen LogP contribution in [0, 0.1) is 0 Å². The second-order valence-electron chi connectivity index (χ2n) is 6.52. The Morgan fingerprint density at radius 2 is 1.70 bits per heavy atom. The zero-order chi connectivity index (χ0) is 19.1. The van der Waals surface area contributed by atoms with Gasteiger partial charge < -0.3 is 20.3 Å². The van der Waals surface area contributed by atoms with Crippen LogP contribution in [-0.4, -0.2) is 38.6 Å². The standard InChI is InChI=1S/C21H25N3O3/c1-27-19-7-3-2-6-18(19)23-21(26)20(25)22-13-12-16-8-10-17(11-9-16)24-14-4-5-15-24/h2-3,6-11H,4-5,12-15H2,1H3,(H,22,25)(H,23,26). The highest BCUT2D eigenvalue weighted by atomic mass is 16.5. The minimum atomic E-state index is -0.705. The average molecular weight is 367 g/mol. The Kier molecular flexibility index (Phi) is 6.30. The van der Waals surface area contributed by atoms with Crippen LogP contribution in [0.25, 0.3) is 0 Å². The normalized spacial score (nSPS) is 13.3. The summed E-state index contributed by atoms with van der Waals surface area (Å²) in [6.45, 7) is 2.65. The number of carbonyl (C=O) groups excluding carboxylic acids is 2. The van der Waals surface area contributed by atoms with Crippen LogP contribution in [0.1, 0.15) is 18.4 Å². The van der Waals surface area contributed by atoms with E-state index in [4.69, 9.17) is 4.74 Å². The van der Waals surface area contributed by atoms with Crippen molar-refractivity contribution in [3.8, 4) is 5.75 Å². The van der Waals surface area contributed by atoms with E-state index in [-0.39, 0.29) is 0 Å². The Hall–Kier alpha value is -3.02. The zero-order valence-electron chi connectivity index (χ0n) is 15.5. The summed E-state index contributed by atoms with van der Waals surface area (Å²) in [7, 11) is 1.51. The van der Waals surface area contributed by atoms with Gasteiger partial charge in [0.25, 0.3) is 0 Å². The van der Waals surface area contributed by atoms with E-state index in [0.717, 1.165) is 18.7 Å². The lowest BCUT2D eigenvalue weighted by atomic mass is 10.1. The van der Waals surface area contributed by atoms with Crippen LogP contribution in [0.2, 0.25) is 0 Å². The van der Waals surface area contributed by atoms with Crippen molar-refractivity contribution in [1.82, 2.24) is 5.32 Å². The van der Waals surface area contributed by atoms with E-state index < -0.39 is 11.8 Å². The van der Waals surface area contributed by atoms with Gasteiger partial charge in [0.2, 0.25) is 0 Å². The molecular formula is C21H25N3O3. The lowest BCUT2D eigenvalue weighted by Gasteiger charge is -2.17. The highest BCUT2D eigenvalue weighted by Gasteiger charge is 2.15. The van der Waals surface area contributed by atoms with Gasteiger partial charge in [0.15, 0.2) is 0 Å². The lowest BCUT2D eigenvalue weighted by molar-refractivity contribution is -0.136. The summed E-state index contributed by atoms with van der Waals surface area (Å²) in [4.78, 5) is 26.4. The van der Waals surface area contributed by atoms with Crippen LogP contribution in [0.5, 0.6) is 5.75 Å². The van der Waals surface area contributed by atoms with E-state index in [1.54, 1.807) is 24.3 Å². The minimum absolute atomic E-state index is 0.404. The highest BCUT2D eigenvalue weighted by molar-refractivity contribution is 6.39. The van der Waals surface area contributed by atoms with Crippen molar-refractivity contribution in [3.63, 3.8) is 0 Å². The predicted octanol–water partition coefficient (Wildman–Crippen LogP) is 2.59. The molecule has 2 aromatic carbocycles. The summed E-state index contributed by atoms with van der Waals surface area (Å²) in [5.41, 5.74) is 2.84. The largest absolute Gasteiger partial charge is 0.495 e. The van der Waals surface area contributed by atoms with E-state index in [1.165, 1.54) is 25.6 Å². The fourth-order valence-electron chi connectivity index (χ4n) is 3.18. The molecule has 0 aromatic heterocycles. The second kappa shape index (κ2) is 9.07. The summed E-state index contributed by atoms with van der Waals surface area (Å²) in [5, 5.41) is 5.22. The molecule has 6 heteroatoms. The number of amides is 2. The van der Waals surface area contributed by atoms with Crippen molar-refractivity contribution in [2.75, 3.05) is 37.0 Å². The molecule has 0 aliphatic carbocycles. The van der Waals surface area contributed by atoms with Crippen molar-refractivity contribution in [1.29, 1.82) is 0 Å². The van der Waals surface area contributed by atoms with E-state index in [0.29, 0.717) is 24.4 Å². The smallest absolute Gasteiger partial charge is 0.313 e. The second-order valence-corrected chi connectivity index (χ2v) is 6.52. The quantitative estimate of drug-likeness (QED) is 0.770. The van der Waals surface area contributed by atoms with Gasteiger partial charge in [-0.2, -0.15) is 0 Å². The van der Waals surface area contributed by atoms with E-state index in [1.807, 2.05) is 0 Å². The van der Waals surface area contributed by atoms with Crippen molar-refractivity contribution < 1.29 is 14.3 Å². The number of hydrogen-bond acceptors (Lipinski definition) is 4. The third-order valence-corrected chi connectivity index (χ3v) is 4.67. The molecule has 0 unspecified atom stereocenters. The molecule has 2 aromatic rings. The maximum atomic E-state index is 12.0. The first-order valence-corrected chi connectivity index (χ1v) is 9.23. The molecule has 2 amide bonds. The number of methoxy groups -OCH3 is 1. The molecule has 1 aliphatic heterocycles. The molecule has 6 nitrogen and oxygen atoms in total. The molecule has 27 heavy (non-hydrogen) atoms. The Balaban J connectivity index is 1.45. The first kappa shape index (κ1) is 18.8. The third-order valence-electron chi connectivity index (χ3n) is 4.67. The topological polar surface area (TPSA) is 70.7 Å². The Bertz CT molecular complexity index is 784. The van der Waals surface area contributed by atoms with Gasteiger partial charge in [-0.3, -0.25) is 9.59 Å². The van der Waals surface area contributed by atoms with E-state index in [2.05, 4.69) is 39.8 Å². The number of benzene rings is 2. The van der Waals surface area contributed by atoms with Crippen LogP contribution >= 0.6 is 0 Å². The average Bonchev–Trinajstić information content (AvgIpc) is 3.23. The molecule has 0 radical (unpaired) electrons. The molecule has 1 heterocycles. The van der Waals surface area contributed by atoms with Crippen molar-refractivity contribution in [2.24, 2.45) is 0 Å². The van der Waals surface area contributed by atoms with Crippen LogP contribution in [-0.2, 0) is 16.0 Å². The molecule has 1 fully saturated rings. The Labute approximate surface area is 159 Å². The minimum Gasteiger partial charge on any atom is -0.495 e. The van der Waals surface area contributed by atoms with Crippen molar-refractivity contribution >= 4 is 23.2 Å². The molecule has 2 N–H and O–H groups in total. The number of ether oxygens (including phenoxy) is 1. The van der Waals surface area contributed by atoms with Crippen LogP contribution < -0.4 is 20.3 Å². The highest BCUT2D eigenvalue weighted by Crippen LogP contribution is 2.23. The predicted molar refractivity (Wildman–Crippen MR) is 106 cm³/mol. The number of nitrogens with one attached hydrogen (secondary N) is 2. The zero-order valence-corrected chi connectivity index (χ0v) is 15.5. The first-order valence-electron chi connectivity index (χ1n) is 9.23. The molecule has 1 aliphatic rings. The summed E-state index contributed by atoms with van der Waals surface area (Å²) in [5.74, 6) is -0.852. The molecule has 1 saturated heterocycles. The number of anilines is 2. The van der Waals surface area contributed by atoms with Gasteiger partial charge in [-0.05, 0) is 49.1 Å². The monoisotopic (exact) mass is 367 g/mol. The van der Waals surface area contributed by atoms with Crippen LogP contribution in [0.15, 0.2) is 48.5 Å². The maximum absolute atomic E-state index is 12.0. The summed E-state index contributed by atoms with van der Waals surface area (Å²) in [6, 6.07) is 15.4. The van der Waals surface area contributed by atoms with Crippen molar-refractivity contribution in [3.05, 3.63) is 54.1 Å². The molecule has 0 spiro atoms. The van der Waals surface area contributed by atoms with Gasteiger partial charge in [-0.1, -0.05) is 24.3 Å². The first-order chi connectivity index (χ1) is 13.2. The number of para-hydroxylation sites is 2. The summed E-state index contributed by atoms with van der Waals surface area (Å²) in [6.07, 6.45) is 3.18. The van der Waals surface area contributed by atoms with Gasteiger partial charge in [0.05, 0.1) is 12.8 Å². The fourth-order valence-corrected chi connectivity index (χ4v) is 3.18. The fraction of sp³-hybridized carbons (Fsp3) is 0.333. The Morgan fingerprint density at radius 1 is 1.00 bits per heavy atom. The Morgan fingerprint density at radius 3 is 2.41 bits per heavy atom. The summed E-state index contributed by atoms with van der Waals surface area (Å²) < 4.78 is 5.16. The van der Waals surface area contributed by atoms with Gasteiger partial charge in [0, 0.05) is 25.3 Å². The number of rotatable bonds is 6. The molecule has 0 atom stereocenters. The van der Waals surface area contributed by atoms with Crippen molar-refractivity contribution in [2.45, 2.75) is 19.3 Å². The number of carbonyl (C=O) groups is 2. The van der Waals surface area contributed by atoms with Crippen LogP contribution in [0.3, 0.4) is 0 Å². The maximum Gasteiger partial charge on any atom is 0.313 e. The van der Waals surface area contributed by atoms with Gasteiger partial charge >= 0.3 is 11.8 Å². The molecule has 0 bridgehead atoms. The van der Waals surface area contributed by atoms with E-state index >= 15 is 0 Å². The number of nitrogens with zero attached hydrogens (tertiary/aromatic N) is 1. The molecular weight excluding hydrogens is 342 g/mol. The molecule has 0 saturated carbocycles. The SMILES string of the molecule is COc1ccccc1NC(=O)C(=O)NCCc1ccc(N2CCCC2)cc1. The van der Waals surface area contributed by atoms with E-state index in [9.17, 15) is 9.59 Å². The lowest BCUT2D eigenvalue weighted by Crippen LogP contribution is -2.36.